The molecule has 1 nitrogen and oxygen atoms in total. The van der Waals surface area contributed by atoms with E-state index >= 15 is 0 Å². The summed E-state index contributed by atoms with van der Waals surface area (Å²) in [7, 11) is 0. The zero-order valence-corrected chi connectivity index (χ0v) is 7.03. The highest BCUT2D eigenvalue weighted by Crippen LogP contribution is 2.14. The topological polar surface area (TPSA) is 26.0 Å². The average Bonchev–Trinajstić information content (AvgIpc) is 1.94. The first kappa shape index (κ1) is 9.31. The van der Waals surface area contributed by atoms with Crippen LogP contribution in [0.2, 0.25) is 0 Å². The lowest BCUT2D eigenvalue weighted by atomic mass is 9.97. The molecule has 0 aromatic rings. The highest BCUT2D eigenvalue weighted by molar-refractivity contribution is 7.79. The molecule has 1 saturated carbocycles. The van der Waals surface area contributed by atoms with Crippen molar-refractivity contribution < 1.29 is 0 Å². The fourth-order valence-electron chi connectivity index (χ4n) is 1.13. The van der Waals surface area contributed by atoms with Crippen LogP contribution in [0.5, 0.6) is 0 Å². The molecule has 2 heteroatoms. The number of hydrogen-bond donors (Lipinski definition) is 2. The quantitative estimate of drug-likeness (QED) is 0.502. The van der Waals surface area contributed by atoms with E-state index in [4.69, 9.17) is 5.73 Å². The Hall–Kier alpha value is 0.310. The van der Waals surface area contributed by atoms with Crippen LogP contribution < -0.4 is 5.73 Å². The van der Waals surface area contributed by atoms with Crippen molar-refractivity contribution in [3.05, 3.63) is 0 Å². The molecule has 0 unspecified atom stereocenters. The molecule has 0 heterocycles. The van der Waals surface area contributed by atoms with Gasteiger partial charge in [-0.2, -0.15) is 12.6 Å². The molecular weight excluding hydrogens is 130 g/mol. The predicted octanol–water partition coefficient (Wildman–Crippen LogP) is 1.82. The monoisotopic (exact) mass is 147 g/mol. The zero-order chi connectivity index (χ0) is 7.11. The molecule has 0 radical (unpaired) electrons. The molecule has 0 aromatic heterocycles. The second kappa shape index (κ2) is 6.43. The van der Waals surface area contributed by atoms with Gasteiger partial charge in [-0.25, -0.2) is 0 Å². The molecule has 0 saturated heterocycles. The Morgan fingerprint density at radius 1 is 1.11 bits per heavy atom. The lowest BCUT2D eigenvalue weighted by Gasteiger charge is -2.15. The summed E-state index contributed by atoms with van der Waals surface area (Å²) in [5.41, 5.74) is 5.63. The third kappa shape index (κ3) is 4.79. The summed E-state index contributed by atoms with van der Waals surface area (Å²) in [4.78, 5) is 0. The summed E-state index contributed by atoms with van der Waals surface area (Å²) in [6.45, 7) is 0. The van der Waals surface area contributed by atoms with Gasteiger partial charge in [0, 0.05) is 6.04 Å². The normalized spacial score (nSPS) is 20.3. The molecule has 0 atom stereocenters. The van der Waals surface area contributed by atoms with Gasteiger partial charge in [0.15, 0.2) is 0 Å². The number of hydrogen-bond acceptors (Lipinski definition) is 2. The van der Waals surface area contributed by atoms with Gasteiger partial charge in [-0.1, -0.05) is 19.3 Å². The Kier molecular flexibility index (Phi) is 6.65. The summed E-state index contributed by atoms with van der Waals surface area (Å²) in [5, 5.41) is 0. The van der Waals surface area contributed by atoms with E-state index in [0.717, 1.165) is 0 Å². The van der Waals surface area contributed by atoms with Gasteiger partial charge in [-0.3, -0.25) is 0 Å². The Labute approximate surface area is 63.4 Å². The first-order valence-electron chi connectivity index (χ1n) is 3.60. The van der Waals surface area contributed by atoms with Crippen molar-refractivity contribution in [1.29, 1.82) is 0 Å². The van der Waals surface area contributed by atoms with E-state index in [1.165, 1.54) is 32.1 Å². The summed E-state index contributed by atoms with van der Waals surface area (Å²) in [5.74, 6) is 0. The Balaban J connectivity index is 0.000000291. The summed E-state index contributed by atoms with van der Waals surface area (Å²) in [6.07, 6.45) is 8.36. The minimum atomic E-state index is 0.536. The third-order valence-corrected chi connectivity index (χ3v) is 1.65. The van der Waals surface area contributed by atoms with Gasteiger partial charge in [0.1, 0.15) is 0 Å². The maximum Gasteiger partial charge on any atom is 0.00388 e. The van der Waals surface area contributed by atoms with E-state index in [9.17, 15) is 0 Å². The zero-order valence-electron chi connectivity index (χ0n) is 6.14. The van der Waals surface area contributed by atoms with Crippen LogP contribution in [0.4, 0.5) is 0 Å². The molecule has 0 aliphatic heterocycles. The van der Waals surface area contributed by atoms with Gasteiger partial charge >= 0.3 is 0 Å². The van der Waals surface area contributed by atoms with Crippen LogP contribution in [0.1, 0.15) is 32.1 Å². The van der Waals surface area contributed by atoms with Gasteiger partial charge in [0.05, 0.1) is 0 Å². The molecule has 2 N–H and O–H groups in total. The molecule has 1 aliphatic rings. The maximum atomic E-state index is 5.63. The van der Waals surface area contributed by atoms with E-state index in [1.807, 2.05) is 0 Å². The summed E-state index contributed by atoms with van der Waals surface area (Å²) < 4.78 is 0. The SMILES string of the molecule is CS.NC1CCCCC1. The van der Waals surface area contributed by atoms with E-state index in [2.05, 4.69) is 12.6 Å². The van der Waals surface area contributed by atoms with E-state index in [1.54, 1.807) is 6.26 Å². The first-order chi connectivity index (χ1) is 4.39. The smallest absolute Gasteiger partial charge is 0.00388 e. The van der Waals surface area contributed by atoms with Crippen LogP contribution in [0.3, 0.4) is 0 Å². The standard InChI is InChI=1S/C6H13N.CH4S/c7-6-4-2-1-3-5-6;1-2/h6H,1-5,7H2;2H,1H3. The molecule has 0 amide bonds. The fraction of sp³-hybridized carbons (Fsp3) is 1.00. The van der Waals surface area contributed by atoms with Gasteiger partial charge < -0.3 is 5.73 Å². The van der Waals surface area contributed by atoms with Gasteiger partial charge in [-0.05, 0) is 19.1 Å². The van der Waals surface area contributed by atoms with Crippen molar-refractivity contribution in [3.8, 4) is 0 Å². The van der Waals surface area contributed by atoms with Crippen LogP contribution in [-0.2, 0) is 0 Å². The average molecular weight is 147 g/mol. The van der Waals surface area contributed by atoms with Crippen LogP contribution in [-0.4, -0.2) is 12.3 Å². The second-order valence-corrected chi connectivity index (χ2v) is 2.40. The van der Waals surface area contributed by atoms with Gasteiger partial charge in [-0.15, -0.1) is 0 Å². The Morgan fingerprint density at radius 3 is 1.78 bits per heavy atom. The van der Waals surface area contributed by atoms with Gasteiger partial charge in [0.2, 0.25) is 0 Å². The van der Waals surface area contributed by atoms with Gasteiger partial charge in [0.25, 0.3) is 0 Å². The highest BCUT2D eigenvalue weighted by atomic mass is 32.1. The molecule has 0 aromatic carbocycles. The third-order valence-electron chi connectivity index (χ3n) is 1.65. The molecule has 0 spiro atoms. The van der Waals surface area contributed by atoms with E-state index in [-0.39, 0.29) is 0 Å². The van der Waals surface area contributed by atoms with Crippen molar-refractivity contribution in [3.63, 3.8) is 0 Å². The minimum absolute atomic E-state index is 0.536. The molecular formula is C7H17NS. The van der Waals surface area contributed by atoms with Crippen molar-refractivity contribution in [2.24, 2.45) is 5.73 Å². The second-order valence-electron chi connectivity index (χ2n) is 2.40. The maximum absolute atomic E-state index is 5.63. The molecule has 9 heavy (non-hydrogen) atoms. The summed E-state index contributed by atoms with van der Waals surface area (Å²) >= 11 is 3.53. The first-order valence-corrected chi connectivity index (χ1v) is 4.49. The van der Waals surface area contributed by atoms with Crippen LogP contribution in [0.15, 0.2) is 0 Å². The van der Waals surface area contributed by atoms with Crippen molar-refractivity contribution in [1.82, 2.24) is 0 Å². The van der Waals surface area contributed by atoms with E-state index in [0.29, 0.717) is 6.04 Å². The lowest BCUT2D eigenvalue weighted by Crippen LogP contribution is -2.22. The van der Waals surface area contributed by atoms with Crippen LogP contribution >= 0.6 is 12.6 Å². The molecule has 1 fully saturated rings. The van der Waals surface area contributed by atoms with Crippen molar-refractivity contribution in [2.45, 2.75) is 38.1 Å². The highest BCUT2D eigenvalue weighted by Gasteiger charge is 2.06. The largest absolute Gasteiger partial charge is 0.328 e. The molecule has 0 bridgehead atoms. The fourth-order valence-corrected chi connectivity index (χ4v) is 1.13. The van der Waals surface area contributed by atoms with Crippen LogP contribution in [0, 0.1) is 0 Å². The van der Waals surface area contributed by atoms with Crippen LogP contribution in [0.25, 0.3) is 0 Å². The summed E-state index contributed by atoms with van der Waals surface area (Å²) in [6, 6.07) is 0.536. The van der Waals surface area contributed by atoms with Crippen molar-refractivity contribution in [2.75, 3.05) is 6.26 Å². The van der Waals surface area contributed by atoms with E-state index < -0.39 is 0 Å². The van der Waals surface area contributed by atoms with Crippen molar-refractivity contribution >= 4 is 12.6 Å². The number of thiol groups is 1. The molecule has 1 rings (SSSR count). The number of rotatable bonds is 0. The number of nitrogens with two attached hydrogens (primary N) is 1. The Morgan fingerprint density at radius 2 is 1.56 bits per heavy atom. The Bertz CT molecular complexity index is 50.9. The predicted molar refractivity (Wildman–Crippen MR) is 46.0 cm³/mol. The molecule has 56 valence electrons. The molecule has 1 aliphatic carbocycles. The lowest BCUT2D eigenvalue weighted by molar-refractivity contribution is 0.441. The minimum Gasteiger partial charge on any atom is -0.328 e.